The molecule has 0 saturated carbocycles. The minimum absolute atomic E-state index is 0.165. The third-order valence-electron chi connectivity index (χ3n) is 1.96. The molecule has 2 nitrogen and oxygen atoms in total. The molecule has 1 N–H and O–H groups in total. The third kappa shape index (κ3) is 1.10. The number of fused-ring (bicyclic) bond motifs is 1. The minimum Gasteiger partial charge on any atom is -0.508 e. The van der Waals surface area contributed by atoms with Gasteiger partial charge in [-0.2, -0.15) is 0 Å². The van der Waals surface area contributed by atoms with Crippen LogP contribution in [0.1, 0.15) is 11.1 Å². The number of carbonyl (C=O) groups is 1. The van der Waals surface area contributed by atoms with Crippen LogP contribution in [-0.4, -0.2) is 10.2 Å². The molecule has 0 atom stereocenters. The number of carbonyl (C=O) groups excluding carboxylic acids is 1. The van der Waals surface area contributed by atoms with Gasteiger partial charge < -0.3 is 5.11 Å². The first-order valence-corrected chi connectivity index (χ1v) is 4.51. The average Bonchev–Trinajstić information content (AvgIpc) is 2.29. The number of thioether (sulfide) groups is 1. The largest absolute Gasteiger partial charge is 0.508 e. The fourth-order valence-electron chi connectivity index (χ4n) is 1.39. The monoisotopic (exact) mass is 180 g/mol. The Morgan fingerprint density at radius 2 is 2.25 bits per heavy atom. The van der Waals surface area contributed by atoms with Crippen molar-refractivity contribution in [2.24, 2.45) is 0 Å². The van der Waals surface area contributed by atoms with Crippen molar-refractivity contribution < 1.29 is 9.90 Å². The number of phenols is 1. The molecule has 0 saturated heterocycles. The van der Waals surface area contributed by atoms with Gasteiger partial charge in [-0.1, -0.05) is 11.8 Å². The lowest BCUT2D eigenvalue weighted by Gasteiger charge is -2.01. The number of phenolic OH excluding ortho intramolecular Hbond substituents is 1. The van der Waals surface area contributed by atoms with Crippen LogP contribution in [0.4, 0.5) is 0 Å². The summed E-state index contributed by atoms with van der Waals surface area (Å²) in [6.45, 7) is 1.91. The van der Waals surface area contributed by atoms with E-state index in [1.54, 1.807) is 12.1 Å². The SMILES string of the molecule is Cc1cc(O)cc2c1CC(=O)S2. The molecule has 0 aliphatic carbocycles. The molecule has 1 aromatic carbocycles. The Kier molecular flexibility index (Phi) is 1.61. The molecule has 0 fully saturated rings. The normalized spacial score (nSPS) is 14.9. The lowest BCUT2D eigenvalue weighted by molar-refractivity contribution is -0.110. The molecule has 1 aliphatic heterocycles. The number of rotatable bonds is 0. The van der Waals surface area contributed by atoms with E-state index >= 15 is 0 Å². The van der Waals surface area contributed by atoms with E-state index in [2.05, 4.69) is 0 Å². The molecule has 1 heterocycles. The fraction of sp³-hybridized carbons (Fsp3) is 0.222. The van der Waals surface area contributed by atoms with Crippen molar-refractivity contribution in [3.05, 3.63) is 23.3 Å². The summed E-state index contributed by atoms with van der Waals surface area (Å²) < 4.78 is 0. The van der Waals surface area contributed by atoms with Crippen LogP contribution < -0.4 is 0 Å². The van der Waals surface area contributed by atoms with Gasteiger partial charge in [0.15, 0.2) is 5.12 Å². The Morgan fingerprint density at radius 3 is 3.00 bits per heavy atom. The Bertz CT molecular complexity index is 358. The number of benzene rings is 1. The highest BCUT2D eigenvalue weighted by atomic mass is 32.2. The fourth-order valence-corrected chi connectivity index (χ4v) is 2.38. The maximum Gasteiger partial charge on any atom is 0.198 e. The first-order chi connectivity index (χ1) is 5.66. The smallest absolute Gasteiger partial charge is 0.198 e. The number of aromatic hydroxyl groups is 1. The highest BCUT2D eigenvalue weighted by molar-refractivity contribution is 8.14. The van der Waals surface area contributed by atoms with E-state index in [1.807, 2.05) is 6.92 Å². The van der Waals surface area contributed by atoms with Gasteiger partial charge in [0.25, 0.3) is 0 Å². The van der Waals surface area contributed by atoms with Crippen LogP contribution in [0.2, 0.25) is 0 Å². The van der Waals surface area contributed by atoms with E-state index in [9.17, 15) is 9.90 Å². The zero-order chi connectivity index (χ0) is 8.72. The molecule has 1 aromatic rings. The van der Waals surface area contributed by atoms with E-state index in [4.69, 9.17) is 0 Å². The molecule has 62 valence electrons. The number of hydrogen-bond acceptors (Lipinski definition) is 3. The summed E-state index contributed by atoms with van der Waals surface area (Å²) in [5.74, 6) is 0.244. The zero-order valence-electron chi connectivity index (χ0n) is 6.63. The second kappa shape index (κ2) is 2.52. The van der Waals surface area contributed by atoms with Crippen molar-refractivity contribution in [3.63, 3.8) is 0 Å². The van der Waals surface area contributed by atoms with Crippen molar-refractivity contribution >= 4 is 16.9 Å². The van der Waals surface area contributed by atoms with Crippen LogP contribution in [0, 0.1) is 6.92 Å². The molecule has 0 aromatic heterocycles. The topological polar surface area (TPSA) is 37.3 Å². The Balaban J connectivity index is 2.59. The van der Waals surface area contributed by atoms with Gasteiger partial charge in [0.1, 0.15) is 5.75 Å². The van der Waals surface area contributed by atoms with Crippen molar-refractivity contribution in [1.29, 1.82) is 0 Å². The standard InChI is InChI=1S/C9H8O2S/c1-5-2-6(10)3-8-7(5)4-9(11)12-8/h2-3,10H,4H2,1H3. The number of hydrogen-bond donors (Lipinski definition) is 1. The van der Waals surface area contributed by atoms with Gasteiger partial charge in [0.2, 0.25) is 0 Å². The van der Waals surface area contributed by atoms with E-state index < -0.39 is 0 Å². The number of aryl methyl sites for hydroxylation is 1. The Hall–Kier alpha value is -0.960. The quantitative estimate of drug-likeness (QED) is 0.662. The van der Waals surface area contributed by atoms with Crippen LogP contribution in [0.3, 0.4) is 0 Å². The van der Waals surface area contributed by atoms with Gasteiger partial charge >= 0.3 is 0 Å². The highest BCUT2D eigenvalue weighted by Crippen LogP contribution is 2.36. The van der Waals surface area contributed by atoms with E-state index in [-0.39, 0.29) is 10.9 Å². The van der Waals surface area contributed by atoms with Crippen molar-refractivity contribution in [3.8, 4) is 5.75 Å². The first kappa shape index (κ1) is 7.68. The molecule has 0 radical (unpaired) electrons. The molecule has 0 bridgehead atoms. The van der Waals surface area contributed by atoms with Crippen molar-refractivity contribution in [1.82, 2.24) is 0 Å². The summed E-state index contributed by atoms with van der Waals surface area (Å²) in [6, 6.07) is 3.34. The average molecular weight is 180 g/mol. The Morgan fingerprint density at radius 1 is 1.50 bits per heavy atom. The molecule has 12 heavy (non-hydrogen) atoms. The highest BCUT2D eigenvalue weighted by Gasteiger charge is 2.21. The van der Waals surface area contributed by atoms with Crippen LogP contribution in [-0.2, 0) is 11.2 Å². The molecule has 0 spiro atoms. The van der Waals surface area contributed by atoms with Crippen LogP contribution in [0.25, 0.3) is 0 Å². The zero-order valence-corrected chi connectivity index (χ0v) is 7.44. The van der Waals surface area contributed by atoms with E-state index in [0.29, 0.717) is 6.42 Å². The van der Waals surface area contributed by atoms with Crippen LogP contribution in [0.15, 0.2) is 17.0 Å². The van der Waals surface area contributed by atoms with Gasteiger partial charge in [-0.25, -0.2) is 0 Å². The minimum atomic E-state index is 0.165. The molecule has 2 rings (SSSR count). The van der Waals surface area contributed by atoms with Gasteiger partial charge in [-0.05, 0) is 30.2 Å². The molecule has 0 amide bonds. The summed E-state index contributed by atoms with van der Waals surface area (Å²) >= 11 is 1.22. The van der Waals surface area contributed by atoms with Crippen molar-refractivity contribution in [2.75, 3.05) is 0 Å². The first-order valence-electron chi connectivity index (χ1n) is 3.70. The molecular weight excluding hydrogens is 172 g/mol. The van der Waals surface area contributed by atoms with Gasteiger partial charge in [-0.3, -0.25) is 4.79 Å². The maximum absolute atomic E-state index is 11.0. The molecule has 0 unspecified atom stereocenters. The van der Waals surface area contributed by atoms with E-state index in [1.165, 1.54) is 11.8 Å². The van der Waals surface area contributed by atoms with Gasteiger partial charge in [0, 0.05) is 11.3 Å². The summed E-state index contributed by atoms with van der Waals surface area (Å²) in [6.07, 6.45) is 0.506. The lowest BCUT2D eigenvalue weighted by Crippen LogP contribution is -1.89. The maximum atomic E-state index is 11.0. The van der Waals surface area contributed by atoms with E-state index in [0.717, 1.165) is 16.0 Å². The van der Waals surface area contributed by atoms with Gasteiger partial charge in [-0.15, -0.1) is 0 Å². The molecular formula is C9H8O2S. The third-order valence-corrected chi connectivity index (χ3v) is 2.92. The molecule has 1 aliphatic rings. The lowest BCUT2D eigenvalue weighted by atomic mass is 10.1. The summed E-state index contributed by atoms with van der Waals surface area (Å²) in [5.41, 5.74) is 2.08. The van der Waals surface area contributed by atoms with Crippen LogP contribution in [0.5, 0.6) is 5.75 Å². The summed E-state index contributed by atoms with van der Waals surface area (Å²) in [5, 5.41) is 9.40. The summed E-state index contributed by atoms with van der Waals surface area (Å²) in [4.78, 5) is 12.0. The van der Waals surface area contributed by atoms with Crippen molar-refractivity contribution in [2.45, 2.75) is 18.2 Å². The van der Waals surface area contributed by atoms with Gasteiger partial charge in [0.05, 0.1) is 0 Å². The molecule has 3 heteroatoms. The predicted octanol–water partition coefficient (Wildman–Crippen LogP) is 1.88. The second-order valence-corrected chi connectivity index (χ2v) is 3.99. The Labute approximate surface area is 74.6 Å². The predicted molar refractivity (Wildman–Crippen MR) is 47.4 cm³/mol. The van der Waals surface area contributed by atoms with Crippen LogP contribution >= 0.6 is 11.8 Å². The summed E-state index contributed by atoms with van der Waals surface area (Å²) in [7, 11) is 0. The second-order valence-electron chi connectivity index (χ2n) is 2.89.